The minimum Gasteiger partial charge on any atom is -0.258 e. The molecule has 2 nitrogen and oxygen atoms in total. The zero-order valence-electron chi connectivity index (χ0n) is 9.50. The monoisotopic (exact) mass is 318 g/mol. The quantitative estimate of drug-likeness (QED) is 0.832. The topological polar surface area (TPSA) is 17.8 Å². The zero-order valence-corrected chi connectivity index (χ0v) is 11.1. The van der Waals surface area contributed by atoms with Gasteiger partial charge in [0.15, 0.2) is 0 Å². The molecule has 0 N–H and O–H groups in total. The second-order valence-electron chi connectivity index (χ2n) is 4.08. The van der Waals surface area contributed by atoms with E-state index in [1.807, 2.05) is 0 Å². The van der Waals surface area contributed by atoms with Crippen molar-refractivity contribution >= 4 is 15.9 Å². The number of hydrogen-bond acceptors (Lipinski definition) is 1. The molecule has 0 unspecified atom stereocenters. The van der Waals surface area contributed by atoms with Crippen LogP contribution in [0.15, 0.2) is 34.9 Å². The number of rotatable bonds is 3. The van der Waals surface area contributed by atoms with Crippen LogP contribution in [0.4, 0.5) is 13.2 Å². The molecule has 1 aromatic carbocycles. The molecular weight excluding hydrogens is 309 g/mol. The SMILES string of the molecule is CC(F)(F)Cn1ncc(Br)c1-c1ccc(F)cc1. The smallest absolute Gasteiger partial charge is 0.258 e. The molecule has 2 aromatic rings. The largest absolute Gasteiger partial charge is 0.264 e. The molecule has 1 aromatic heterocycles. The highest BCUT2D eigenvalue weighted by Gasteiger charge is 2.25. The van der Waals surface area contributed by atoms with Crippen molar-refractivity contribution in [2.24, 2.45) is 0 Å². The van der Waals surface area contributed by atoms with Gasteiger partial charge in [0.05, 0.1) is 16.4 Å². The summed E-state index contributed by atoms with van der Waals surface area (Å²) in [6.07, 6.45) is 1.45. The average Bonchev–Trinajstić information content (AvgIpc) is 2.59. The summed E-state index contributed by atoms with van der Waals surface area (Å²) < 4.78 is 40.7. The summed E-state index contributed by atoms with van der Waals surface area (Å²) >= 11 is 3.26. The van der Waals surface area contributed by atoms with Crippen LogP contribution >= 0.6 is 15.9 Å². The lowest BCUT2D eigenvalue weighted by Gasteiger charge is -2.13. The van der Waals surface area contributed by atoms with E-state index in [2.05, 4.69) is 21.0 Å². The highest BCUT2D eigenvalue weighted by molar-refractivity contribution is 9.10. The number of aromatic nitrogens is 2. The fourth-order valence-corrected chi connectivity index (χ4v) is 2.17. The molecule has 2 rings (SSSR count). The standard InChI is InChI=1S/C12H10BrF3N2/c1-12(15,16)7-18-11(10(13)6-17-18)8-2-4-9(14)5-3-8/h2-6H,7H2,1H3. The van der Waals surface area contributed by atoms with Crippen molar-refractivity contribution in [2.45, 2.75) is 19.4 Å². The van der Waals surface area contributed by atoms with Crippen LogP contribution in [-0.2, 0) is 6.54 Å². The Hall–Kier alpha value is -1.30. The van der Waals surface area contributed by atoms with Gasteiger partial charge in [-0.15, -0.1) is 0 Å². The number of benzene rings is 1. The maximum atomic E-state index is 13.0. The van der Waals surface area contributed by atoms with Crippen LogP contribution in [0.5, 0.6) is 0 Å². The summed E-state index contributed by atoms with van der Waals surface area (Å²) in [5.74, 6) is -3.23. The van der Waals surface area contributed by atoms with E-state index in [1.165, 1.54) is 35.1 Å². The summed E-state index contributed by atoms with van der Waals surface area (Å²) in [4.78, 5) is 0. The van der Waals surface area contributed by atoms with E-state index in [0.29, 0.717) is 15.7 Å². The Bertz CT molecular complexity index is 543. The van der Waals surface area contributed by atoms with E-state index in [9.17, 15) is 13.2 Å². The van der Waals surface area contributed by atoms with Crippen molar-refractivity contribution < 1.29 is 13.2 Å². The third kappa shape index (κ3) is 2.93. The Kier molecular flexibility index (Phi) is 3.47. The molecule has 96 valence electrons. The van der Waals surface area contributed by atoms with Gasteiger partial charge in [-0.3, -0.25) is 4.68 Å². The van der Waals surface area contributed by atoms with Gasteiger partial charge in [-0.05, 0) is 40.2 Å². The molecule has 0 spiro atoms. The van der Waals surface area contributed by atoms with Crippen LogP contribution in [-0.4, -0.2) is 15.7 Å². The molecule has 0 radical (unpaired) electrons. The molecule has 0 aliphatic carbocycles. The minimum absolute atomic E-state index is 0.373. The van der Waals surface area contributed by atoms with Gasteiger partial charge in [0.1, 0.15) is 12.4 Å². The first kappa shape index (κ1) is 13.1. The lowest BCUT2D eigenvalue weighted by atomic mass is 10.1. The number of nitrogens with zero attached hydrogens (tertiary/aromatic N) is 2. The summed E-state index contributed by atoms with van der Waals surface area (Å²) in [6.45, 7) is 0.308. The number of hydrogen-bond donors (Lipinski definition) is 0. The molecule has 0 fully saturated rings. The normalized spacial score (nSPS) is 11.8. The van der Waals surface area contributed by atoms with Crippen molar-refractivity contribution in [3.63, 3.8) is 0 Å². The van der Waals surface area contributed by atoms with E-state index < -0.39 is 12.5 Å². The molecule has 0 atom stereocenters. The molecule has 0 bridgehead atoms. The fraction of sp³-hybridized carbons (Fsp3) is 0.250. The summed E-state index contributed by atoms with van der Waals surface area (Å²) in [5.41, 5.74) is 1.14. The van der Waals surface area contributed by atoms with Crippen LogP contribution in [0.2, 0.25) is 0 Å². The van der Waals surface area contributed by atoms with Crippen LogP contribution < -0.4 is 0 Å². The summed E-state index contributed by atoms with van der Waals surface area (Å²) in [7, 11) is 0. The van der Waals surface area contributed by atoms with Crippen molar-refractivity contribution in [3.05, 3.63) is 40.8 Å². The van der Waals surface area contributed by atoms with Gasteiger partial charge in [-0.25, -0.2) is 13.2 Å². The van der Waals surface area contributed by atoms with Gasteiger partial charge >= 0.3 is 0 Å². The lowest BCUT2D eigenvalue weighted by Crippen LogP contribution is -2.20. The maximum absolute atomic E-state index is 13.0. The maximum Gasteiger partial charge on any atom is 0.264 e. The third-order valence-corrected chi connectivity index (χ3v) is 2.92. The fourth-order valence-electron chi connectivity index (χ4n) is 1.64. The second kappa shape index (κ2) is 4.76. The first-order valence-corrected chi connectivity index (χ1v) is 6.01. The first-order valence-electron chi connectivity index (χ1n) is 5.22. The number of halogens is 4. The van der Waals surface area contributed by atoms with Gasteiger partial charge in [-0.1, -0.05) is 0 Å². The van der Waals surface area contributed by atoms with Gasteiger partial charge < -0.3 is 0 Å². The Morgan fingerprint density at radius 1 is 1.28 bits per heavy atom. The van der Waals surface area contributed by atoms with Gasteiger partial charge in [0.2, 0.25) is 0 Å². The van der Waals surface area contributed by atoms with E-state index >= 15 is 0 Å². The van der Waals surface area contributed by atoms with Gasteiger partial charge in [0, 0.05) is 12.5 Å². The highest BCUT2D eigenvalue weighted by Crippen LogP contribution is 2.30. The van der Waals surface area contributed by atoms with Crippen molar-refractivity contribution in [2.75, 3.05) is 0 Å². The first-order chi connectivity index (χ1) is 8.37. The van der Waals surface area contributed by atoms with E-state index in [1.54, 1.807) is 0 Å². The lowest BCUT2D eigenvalue weighted by molar-refractivity contribution is 0.00106. The number of alkyl halides is 2. The van der Waals surface area contributed by atoms with E-state index in [4.69, 9.17) is 0 Å². The molecule has 0 saturated heterocycles. The Balaban J connectivity index is 2.43. The molecule has 0 aliphatic heterocycles. The molecular formula is C12H10BrF3N2. The van der Waals surface area contributed by atoms with E-state index in [0.717, 1.165) is 6.92 Å². The highest BCUT2D eigenvalue weighted by atomic mass is 79.9. The predicted molar refractivity (Wildman–Crippen MR) is 65.9 cm³/mol. The van der Waals surface area contributed by atoms with Crippen molar-refractivity contribution in [1.29, 1.82) is 0 Å². The molecule has 0 amide bonds. The molecule has 1 heterocycles. The van der Waals surface area contributed by atoms with Crippen LogP contribution in [0.25, 0.3) is 11.3 Å². The molecule has 0 saturated carbocycles. The Morgan fingerprint density at radius 2 is 1.89 bits per heavy atom. The minimum atomic E-state index is -2.86. The van der Waals surface area contributed by atoms with Crippen LogP contribution in [0, 0.1) is 5.82 Å². The summed E-state index contributed by atoms with van der Waals surface area (Å²) in [6, 6.07) is 5.62. The third-order valence-electron chi connectivity index (χ3n) is 2.34. The second-order valence-corrected chi connectivity index (χ2v) is 4.93. The van der Waals surface area contributed by atoms with Crippen LogP contribution in [0.3, 0.4) is 0 Å². The molecule has 6 heteroatoms. The Morgan fingerprint density at radius 3 is 2.44 bits per heavy atom. The van der Waals surface area contributed by atoms with Crippen LogP contribution in [0.1, 0.15) is 6.92 Å². The molecule has 18 heavy (non-hydrogen) atoms. The van der Waals surface area contributed by atoms with Gasteiger partial charge in [0.25, 0.3) is 5.92 Å². The Labute approximate surface area is 111 Å². The van der Waals surface area contributed by atoms with Gasteiger partial charge in [-0.2, -0.15) is 5.10 Å². The average molecular weight is 319 g/mol. The predicted octanol–water partition coefficient (Wildman–Crippen LogP) is 4.11. The van der Waals surface area contributed by atoms with Crippen molar-refractivity contribution in [3.8, 4) is 11.3 Å². The van der Waals surface area contributed by atoms with E-state index in [-0.39, 0.29) is 5.82 Å². The summed E-state index contributed by atoms with van der Waals surface area (Å²) in [5, 5.41) is 3.90. The van der Waals surface area contributed by atoms with Crippen molar-refractivity contribution in [1.82, 2.24) is 9.78 Å². The molecule has 0 aliphatic rings. The zero-order chi connectivity index (χ0) is 13.3.